The van der Waals surface area contributed by atoms with E-state index in [9.17, 15) is 38.7 Å². The van der Waals surface area contributed by atoms with E-state index in [0.717, 1.165) is 12.8 Å². The van der Waals surface area contributed by atoms with Crippen molar-refractivity contribution in [3.8, 4) is 0 Å². The lowest BCUT2D eigenvalue weighted by Crippen LogP contribution is -2.60. The SMILES string of the molecule is CC[C@H](C)[C@@H]([C@@H](CC(=O)N1CCC[C@H]1[C@H](OC)[C@@H](C)C(=O)N[C@H](C)[C@@H](O)c1ccccc1)OC)N(C)[C@H](C(=O)NC(=O)[C@H](C(C)C)N(C)CCCCCC(=O)ON1C(=O)CCC1=O)C(C)C. The molecule has 0 bridgehead atoms. The molecule has 2 fully saturated rings. The van der Waals surface area contributed by atoms with Gasteiger partial charge in [-0.1, -0.05) is 91.6 Å². The summed E-state index contributed by atoms with van der Waals surface area (Å²) in [5, 5.41) is 17.1. The molecule has 0 saturated carbocycles. The maximum absolute atomic E-state index is 14.4. The van der Waals surface area contributed by atoms with Crippen LogP contribution in [0.3, 0.4) is 0 Å². The maximum Gasteiger partial charge on any atom is 0.333 e. The Kier molecular flexibility index (Phi) is 22.8. The molecule has 0 radical (unpaired) electrons. The average molecular weight is 929 g/mol. The highest BCUT2D eigenvalue weighted by atomic mass is 16.7. The number of imide groups is 2. The lowest BCUT2D eigenvalue weighted by atomic mass is 9.87. The fraction of sp³-hybridized carbons (Fsp3) is 0.735. The summed E-state index contributed by atoms with van der Waals surface area (Å²) in [6.07, 6.45) is 1.88. The number of amides is 6. The second-order valence-electron chi connectivity index (χ2n) is 19.0. The molecule has 17 heteroatoms. The Morgan fingerprint density at radius 2 is 1.44 bits per heavy atom. The molecular weight excluding hydrogens is 849 g/mol. The first-order valence-corrected chi connectivity index (χ1v) is 23.9. The highest BCUT2D eigenvalue weighted by Gasteiger charge is 2.44. The smallest absolute Gasteiger partial charge is 0.333 e. The number of hydrogen-bond donors (Lipinski definition) is 3. The molecule has 17 nitrogen and oxygen atoms in total. The number of hydroxylamine groups is 2. The van der Waals surface area contributed by atoms with E-state index >= 15 is 0 Å². The molecule has 1 aromatic rings. The van der Waals surface area contributed by atoms with Crippen molar-refractivity contribution in [2.45, 2.75) is 168 Å². The van der Waals surface area contributed by atoms with E-state index in [1.807, 2.05) is 88.8 Å². The number of aliphatic hydroxyl groups excluding tert-OH is 1. The number of rotatable bonds is 27. The number of likely N-dealkylation sites (N-methyl/N-ethyl adjacent to an activating group) is 2. The fourth-order valence-electron chi connectivity index (χ4n) is 9.74. The molecule has 1 aromatic carbocycles. The van der Waals surface area contributed by atoms with Crippen LogP contribution in [0.25, 0.3) is 0 Å². The minimum Gasteiger partial charge on any atom is -0.386 e. The number of ether oxygens (including phenoxy) is 2. The molecule has 0 spiro atoms. The van der Waals surface area contributed by atoms with Gasteiger partial charge in [0.1, 0.15) is 0 Å². The van der Waals surface area contributed by atoms with Crippen LogP contribution < -0.4 is 10.6 Å². The number of unbranched alkanes of at least 4 members (excludes halogenated alkanes) is 2. The minimum absolute atomic E-state index is 0.0165. The van der Waals surface area contributed by atoms with E-state index < -0.39 is 78.0 Å². The van der Waals surface area contributed by atoms with E-state index in [4.69, 9.17) is 14.3 Å². The summed E-state index contributed by atoms with van der Waals surface area (Å²) < 4.78 is 12.1. The summed E-state index contributed by atoms with van der Waals surface area (Å²) >= 11 is 0. The predicted molar refractivity (Wildman–Crippen MR) is 249 cm³/mol. The molecule has 6 amide bonds. The zero-order chi connectivity index (χ0) is 49.4. The van der Waals surface area contributed by atoms with Crippen LogP contribution in [0.5, 0.6) is 0 Å². The molecule has 2 saturated heterocycles. The molecule has 372 valence electrons. The first kappa shape index (κ1) is 56.0. The number of benzene rings is 1. The molecule has 2 aliphatic heterocycles. The fourth-order valence-corrected chi connectivity index (χ4v) is 9.74. The van der Waals surface area contributed by atoms with Gasteiger partial charge in [0.05, 0.1) is 54.8 Å². The summed E-state index contributed by atoms with van der Waals surface area (Å²) in [6, 6.07) is 6.45. The molecular formula is C49H80N6O11. The summed E-state index contributed by atoms with van der Waals surface area (Å²) in [5.41, 5.74) is 0.694. The van der Waals surface area contributed by atoms with Crippen LogP contribution in [0.1, 0.15) is 131 Å². The van der Waals surface area contributed by atoms with Crippen molar-refractivity contribution in [2.24, 2.45) is 23.7 Å². The largest absolute Gasteiger partial charge is 0.386 e. The van der Waals surface area contributed by atoms with Crippen LogP contribution >= 0.6 is 0 Å². The topological polar surface area (TPSA) is 204 Å². The molecule has 2 heterocycles. The zero-order valence-electron chi connectivity index (χ0n) is 41.6. The van der Waals surface area contributed by atoms with E-state index in [-0.39, 0.29) is 61.3 Å². The lowest BCUT2D eigenvalue weighted by molar-refractivity contribution is -0.197. The third-order valence-electron chi connectivity index (χ3n) is 13.5. The van der Waals surface area contributed by atoms with Gasteiger partial charge in [0, 0.05) is 46.1 Å². The predicted octanol–water partition coefficient (Wildman–Crippen LogP) is 4.41. The lowest BCUT2D eigenvalue weighted by Gasteiger charge is -2.43. The van der Waals surface area contributed by atoms with Crippen molar-refractivity contribution < 1.29 is 53.0 Å². The molecule has 10 atom stereocenters. The third kappa shape index (κ3) is 15.1. The Labute approximate surface area is 392 Å². The third-order valence-corrected chi connectivity index (χ3v) is 13.5. The van der Waals surface area contributed by atoms with Crippen LogP contribution in [-0.2, 0) is 47.9 Å². The Morgan fingerprint density at radius 1 is 0.833 bits per heavy atom. The van der Waals surface area contributed by atoms with Crippen LogP contribution in [0.2, 0.25) is 0 Å². The first-order valence-electron chi connectivity index (χ1n) is 23.9. The first-order chi connectivity index (χ1) is 31.2. The van der Waals surface area contributed by atoms with Crippen molar-refractivity contribution in [3.05, 3.63) is 35.9 Å². The van der Waals surface area contributed by atoms with Gasteiger partial charge in [-0.2, -0.15) is 0 Å². The van der Waals surface area contributed by atoms with Crippen LogP contribution in [0.15, 0.2) is 30.3 Å². The van der Waals surface area contributed by atoms with Crippen LogP contribution in [0.4, 0.5) is 0 Å². The zero-order valence-corrected chi connectivity index (χ0v) is 41.6. The van der Waals surface area contributed by atoms with E-state index in [2.05, 4.69) is 17.6 Å². The summed E-state index contributed by atoms with van der Waals surface area (Å²) in [5.74, 6) is -4.00. The highest BCUT2D eigenvalue weighted by Crippen LogP contribution is 2.31. The molecule has 3 N–H and O–H groups in total. The number of nitrogens with zero attached hydrogens (tertiary/aromatic N) is 4. The molecule has 2 aliphatic rings. The summed E-state index contributed by atoms with van der Waals surface area (Å²) in [6.45, 7) is 16.3. The van der Waals surface area contributed by atoms with Gasteiger partial charge in [0.25, 0.3) is 11.8 Å². The Hall–Kier alpha value is -4.29. The number of likely N-dealkylation sites (tertiary alicyclic amines) is 1. The standard InChI is InChI=1S/C49H80N6O11/c1-13-32(6)44(37(64-11)29-40(58)54-28-20-23-36(54)46(65-12)33(7)47(61)50-34(8)45(60)35-21-16-14-17-22-35)53(10)43(31(4)5)49(63)51-48(62)42(30(2)3)52(9)27-19-15-18-24-41(59)66-55-38(56)25-26-39(55)57/h14,16-17,21-22,30-34,36-37,42-46,60H,13,15,18-20,23-29H2,1-12H3,(H,50,61)(H,51,62,63)/t32-,33+,34+,36-,37+,42-,43-,44-,45+,46+/m0/s1. The van der Waals surface area contributed by atoms with Crippen LogP contribution in [-0.4, -0.2) is 150 Å². The summed E-state index contributed by atoms with van der Waals surface area (Å²) in [7, 11) is 6.79. The molecule has 3 rings (SSSR count). The van der Waals surface area contributed by atoms with E-state index in [1.165, 1.54) is 0 Å². The van der Waals surface area contributed by atoms with Gasteiger partial charge in [-0.25, -0.2) is 4.79 Å². The van der Waals surface area contributed by atoms with E-state index in [0.29, 0.717) is 49.4 Å². The molecule has 0 unspecified atom stereocenters. The quantitative estimate of drug-likeness (QED) is 0.0828. The second kappa shape index (κ2) is 26.9. The van der Waals surface area contributed by atoms with Gasteiger partial charge >= 0.3 is 5.97 Å². The maximum atomic E-state index is 14.4. The minimum atomic E-state index is -0.901. The monoisotopic (exact) mass is 929 g/mol. The highest BCUT2D eigenvalue weighted by molar-refractivity contribution is 6.01. The number of methoxy groups -OCH3 is 2. The normalized spacial score (nSPS) is 19.7. The Balaban J connectivity index is 1.67. The van der Waals surface area contributed by atoms with E-state index in [1.54, 1.807) is 33.0 Å². The van der Waals surface area contributed by atoms with Gasteiger partial charge in [-0.15, -0.1) is 5.06 Å². The number of carbonyl (C=O) groups is 7. The van der Waals surface area contributed by atoms with Crippen LogP contribution in [0, 0.1) is 23.7 Å². The molecule has 66 heavy (non-hydrogen) atoms. The molecule has 0 aromatic heterocycles. The second-order valence-corrected chi connectivity index (χ2v) is 19.0. The number of carbonyl (C=O) groups excluding carboxylic acids is 7. The van der Waals surface area contributed by atoms with Gasteiger partial charge in [0.2, 0.25) is 23.6 Å². The Morgan fingerprint density at radius 3 is 2.00 bits per heavy atom. The van der Waals surface area contributed by atoms with Gasteiger partial charge < -0.3 is 29.6 Å². The van der Waals surface area contributed by atoms with Gasteiger partial charge in [-0.05, 0) is 76.6 Å². The van der Waals surface area contributed by atoms with Crippen molar-refractivity contribution in [1.82, 2.24) is 30.4 Å². The Bertz CT molecular complexity index is 1750. The van der Waals surface area contributed by atoms with Crippen molar-refractivity contribution in [3.63, 3.8) is 0 Å². The number of nitrogens with one attached hydrogen (secondary N) is 2. The number of aliphatic hydroxyl groups is 1. The van der Waals surface area contributed by atoms with Crippen molar-refractivity contribution in [2.75, 3.05) is 41.4 Å². The average Bonchev–Trinajstić information content (AvgIpc) is 3.88. The summed E-state index contributed by atoms with van der Waals surface area (Å²) in [4.78, 5) is 102. The number of hydrogen-bond acceptors (Lipinski definition) is 13. The van der Waals surface area contributed by atoms with Gasteiger partial charge in [0.15, 0.2) is 0 Å². The van der Waals surface area contributed by atoms with Gasteiger partial charge in [-0.3, -0.25) is 43.9 Å². The van der Waals surface area contributed by atoms with Crippen molar-refractivity contribution >= 4 is 41.4 Å². The van der Waals surface area contributed by atoms with Crippen molar-refractivity contribution in [1.29, 1.82) is 0 Å². The molecule has 0 aliphatic carbocycles.